The largest absolute Gasteiger partial charge is 0.354 e. The van der Waals surface area contributed by atoms with Crippen LogP contribution in [-0.4, -0.2) is 38.6 Å². The molecule has 3 atom stereocenters. The van der Waals surface area contributed by atoms with Crippen molar-refractivity contribution in [2.45, 2.75) is 39.3 Å². The zero-order valence-corrected chi connectivity index (χ0v) is 25.9. The van der Waals surface area contributed by atoms with Crippen molar-refractivity contribution in [1.29, 1.82) is 0 Å². The van der Waals surface area contributed by atoms with Crippen LogP contribution in [-0.2, 0) is 4.79 Å². The maximum absolute atomic E-state index is 14.4. The average molecular weight is 610 g/mol. The van der Waals surface area contributed by atoms with Crippen molar-refractivity contribution in [3.05, 3.63) is 131 Å². The molecule has 0 aliphatic carbocycles. The molecule has 4 aromatic carbocycles. The van der Waals surface area contributed by atoms with Gasteiger partial charge in [-0.3, -0.25) is 25.2 Å². The van der Waals surface area contributed by atoms with E-state index < -0.39 is 23.9 Å². The van der Waals surface area contributed by atoms with Gasteiger partial charge in [0.25, 0.3) is 17.7 Å². The van der Waals surface area contributed by atoms with Crippen molar-refractivity contribution < 1.29 is 14.4 Å². The molecule has 0 saturated carbocycles. The number of amides is 3. The lowest BCUT2D eigenvalue weighted by Gasteiger charge is -2.36. The first-order valence-electron chi connectivity index (χ1n) is 15.6. The second-order valence-electron chi connectivity index (χ2n) is 12.1. The Balaban J connectivity index is 1.31. The SMILES string of the molecule is CCC(C)C(C(=O)NNC(=O)c1cc2ccccc2[nH]1)N1C(=O)c2ccccc2C1c1c(-c2ccc(C)cc2)[nH]c2ccccc12. The van der Waals surface area contributed by atoms with E-state index in [1.54, 1.807) is 11.0 Å². The number of nitrogens with one attached hydrogen (secondary N) is 4. The minimum atomic E-state index is -0.877. The monoisotopic (exact) mass is 609 g/mol. The summed E-state index contributed by atoms with van der Waals surface area (Å²) in [5.41, 5.74) is 12.7. The van der Waals surface area contributed by atoms with E-state index in [1.807, 2.05) is 80.6 Å². The molecule has 1 aliphatic heterocycles. The molecule has 3 unspecified atom stereocenters. The number of aromatic nitrogens is 2. The molecular formula is C38H35N5O3. The first kappa shape index (κ1) is 29.1. The summed E-state index contributed by atoms with van der Waals surface area (Å²) in [6, 6.07) is 31.8. The second-order valence-corrected chi connectivity index (χ2v) is 12.1. The number of carbonyl (C=O) groups is 3. The molecular weight excluding hydrogens is 574 g/mol. The van der Waals surface area contributed by atoms with E-state index in [0.29, 0.717) is 17.7 Å². The number of benzene rings is 4. The molecule has 3 amide bonds. The minimum Gasteiger partial charge on any atom is -0.354 e. The van der Waals surface area contributed by atoms with Crippen LogP contribution in [0.2, 0.25) is 0 Å². The van der Waals surface area contributed by atoms with Crippen LogP contribution < -0.4 is 10.9 Å². The molecule has 0 saturated heterocycles. The fraction of sp³-hybridized carbons (Fsp3) is 0.184. The maximum atomic E-state index is 14.4. The highest BCUT2D eigenvalue weighted by Crippen LogP contribution is 2.47. The summed E-state index contributed by atoms with van der Waals surface area (Å²) in [6.45, 7) is 6.02. The van der Waals surface area contributed by atoms with Gasteiger partial charge in [0.2, 0.25) is 0 Å². The normalized spacial score (nSPS) is 15.6. The van der Waals surface area contributed by atoms with Gasteiger partial charge in [0.1, 0.15) is 11.7 Å². The topological polar surface area (TPSA) is 110 Å². The van der Waals surface area contributed by atoms with Crippen molar-refractivity contribution >= 4 is 39.5 Å². The number of H-pyrrole nitrogens is 2. The highest BCUT2D eigenvalue weighted by molar-refractivity contribution is 6.05. The Labute approximate surface area is 266 Å². The molecule has 6 aromatic rings. The fourth-order valence-electron chi connectivity index (χ4n) is 6.65. The first-order valence-corrected chi connectivity index (χ1v) is 15.6. The Kier molecular flexibility index (Phi) is 7.41. The summed E-state index contributed by atoms with van der Waals surface area (Å²) in [7, 11) is 0. The minimum absolute atomic E-state index is 0.219. The molecule has 7 rings (SSSR count). The summed E-state index contributed by atoms with van der Waals surface area (Å²) in [5, 5.41) is 1.87. The number of hydrazine groups is 1. The van der Waals surface area contributed by atoms with E-state index in [2.05, 4.69) is 58.1 Å². The zero-order chi connectivity index (χ0) is 31.9. The molecule has 0 bridgehead atoms. The molecule has 2 aromatic heterocycles. The van der Waals surface area contributed by atoms with E-state index >= 15 is 0 Å². The van der Waals surface area contributed by atoms with Gasteiger partial charge in [0.05, 0.1) is 11.7 Å². The number of nitrogens with zero attached hydrogens (tertiary/aromatic N) is 1. The lowest BCUT2D eigenvalue weighted by atomic mass is 9.90. The maximum Gasteiger partial charge on any atom is 0.286 e. The van der Waals surface area contributed by atoms with E-state index in [1.165, 1.54) is 0 Å². The Morgan fingerprint density at radius 1 is 0.848 bits per heavy atom. The molecule has 0 fully saturated rings. The van der Waals surface area contributed by atoms with Gasteiger partial charge in [-0.1, -0.05) is 105 Å². The number of aromatic amines is 2. The number of hydrogen-bond acceptors (Lipinski definition) is 3. The Morgan fingerprint density at radius 2 is 1.54 bits per heavy atom. The number of hydrogen-bond donors (Lipinski definition) is 4. The van der Waals surface area contributed by atoms with Gasteiger partial charge in [-0.05, 0) is 48.2 Å². The van der Waals surface area contributed by atoms with Gasteiger partial charge in [-0.25, -0.2) is 0 Å². The number of fused-ring (bicyclic) bond motifs is 3. The number of carbonyl (C=O) groups excluding carboxylic acids is 3. The molecule has 8 heteroatoms. The number of rotatable bonds is 7. The van der Waals surface area contributed by atoms with Crippen molar-refractivity contribution in [1.82, 2.24) is 25.7 Å². The van der Waals surface area contributed by atoms with E-state index in [0.717, 1.165) is 49.8 Å². The Bertz CT molecular complexity index is 2080. The van der Waals surface area contributed by atoms with E-state index in [4.69, 9.17) is 0 Å². The second kappa shape index (κ2) is 11.7. The van der Waals surface area contributed by atoms with Gasteiger partial charge in [-0.15, -0.1) is 0 Å². The predicted octanol–water partition coefficient (Wildman–Crippen LogP) is 7.05. The highest BCUT2D eigenvalue weighted by Gasteiger charge is 2.47. The summed E-state index contributed by atoms with van der Waals surface area (Å²) in [4.78, 5) is 50.1. The van der Waals surface area contributed by atoms with Crippen LogP contribution in [0.5, 0.6) is 0 Å². The van der Waals surface area contributed by atoms with Crippen molar-refractivity contribution in [2.75, 3.05) is 0 Å². The molecule has 4 N–H and O–H groups in total. The summed E-state index contributed by atoms with van der Waals surface area (Å²) in [5.74, 6) is -1.37. The van der Waals surface area contributed by atoms with Crippen LogP contribution in [0.3, 0.4) is 0 Å². The number of para-hydroxylation sites is 2. The number of aryl methyl sites for hydroxylation is 1. The molecule has 46 heavy (non-hydrogen) atoms. The zero-order valence-electron chi connectivity index (χ0n) is 25.9. The van der Waals surface area contributed by atoms with Crippen LogP contribution in [0, 0.1) is 12.8 Å². The molecule has 230 valence electrons. The summed E-state index contributed by atoms with van der Waals surface area (Å²) >= 11 is 0. The summed E-state index contributed by atoms with van der Waals surface area (Å²) in [6.07, 6.45) is 0.638. The third kappa shape index (κ3) is 4.92. The quantitative estimate of drug-likeness (QED) is 0.146. The Morgan fingerprint density at radius 3 is 2.30 bits per heavy atom. The third-order valence-electron chi connectivity index (χ3n) is 9.18. The third-order valence-corrected chi connectivity index (χ3v) is 9.18. The van der Waals surface area contributed by atoms with E-state index in [9.17, 15) is 14.4 Å². The van der Waals surface area contributed by atoms with Crippen LogP contribution in [0.25, 0.3) is 33.1 Å². The van der Waals surface area contributed by atoms with Gasteiger partial charge >= 0.3 is 0 Å². The smallest absolute Gasteiger partial charge is 0.286 e. The molecule has 1 aliphatic rings. The van der Waals surface area contributed by atoms with Crippen LogP contribution >= 0.6 is 0 Å². The van der Waals surface area contributed by atoms with Crippen molar-refractivity contribution in [3.63, 3.8) is 0 Å². The Hall–Kier alpha value is -5.63. The van der Waals surface area contributed by atoms with Gasteiger partial charge in [0, 0.05) is 32.9 Å². The molecule has 3 heterocycles. The lowest BCUT2D eigenvalue weighted by molar-refractivity contribution is -0.128. The first-order chi connectivity index (χ1) is 22.4. The average Bonchev–Trinajstić information content (AvgIpc) is 3.76. The lowest BCUT2D eigenvalue weighted by Crippen LogP contribution is -2.55. The van der Waals surface area contributed by atoms with Crippen LogP contribution in [0.15, 0.2) is 103 Å². The van der Waals surface area contributed by atoms with Gasteiger partial charge < -0.3 is 14.9 Å². The molecule has 8 nitrogen and oxygen atoms in total. The molecule has 0 radical (unpaired) electrons. The van der Waals surface area contributed by atoms with Gasteiger partial charge in [0.15, 0.2) is 0 Å². The van der Waals surface area contributed by atoms with E-state index in [-0.39, 0.29) is 11.8 Å². The highest BCUT2D eigenvalue weighted by atomic mass is 16.2. The predicted molar refractivity (Wildman–Crippen MR) is 180 cm³/mol. The van der Waals surface area contributed by atoms with Crippen LogP contribution in [0.4, 0.5) is 0 Å². The molecule has 0 spiro atoms. The van der Waals surface area contributed by atoms with Crippen LogP contribution in [0.1, 0.15) is 63.8 Å². The van der Waals surface area contributed by atoms with Crippen molar-refractivity contribution in [3.8, 4) is 11.3 Å². The van der Waals surface area contributed by atoms with Gasteiger partial charge in [-0.2, -0.15) is 0 Å². The summed E-state index contributed by atoms with van der Waals surface area (Å²) < 4.78 is 0. The standard InChI is InChI=1S/C38H35N5O3/c1-4-23(3)34(37(45)42-41-36(44)31-21-25-11-5-9-15-29(25)39-31)43-35(26-12-6-7-13-27(26)38(43)46)32-28-14-8-10-16-30(28)40-33(32)24-19-17-22(2)18-20-24/h5-21,23,34-35,39-40H,4H2,1-3H3,(H,41,44)(H,42,45). The van der Waals surface area contributed by atoms with Crippen molar-refractivity contribution in [2.24, 2.45) is 5.92 Å². The fourth-order valence-corrected chi connectivity index (χ4v) is 6.65.